The van der Waals surface area contributed by atoms with E-state index in [0.717, 1.165) is 82.6 Å². The average Bonchev–Trinajstić information content (AvgIpc) is 3.50. The van der Waals surface area contributed by atoms with Gasteiger partial charge in [0.2, 0.25) is 5.91 Å². The number of methoxy groups -OCH3 is 1. The Balaban J connectivity index is 1.50. The van der Waals surface area contributed by atoms with E-state index in [1.165, 1.54) is 6.08 Å². The van der Waals surface area contributed by atoms with E-state index in [4.69, 9.17) is 14.7 Å². The molecule has 8 nitrogen and oxygen atoms in total. The second-order valence-corrected chi connectivity index (χ2v) is 9.84. The maximum atomic E-state index is 12.0. The van der Waals surface area contributed by atoms with Crippen LogP contribution in [0.1, 0.15) is 17.5 Å². The number of carbonyl (C=O) groups excluding carboxylic acids is 1. The lowest BCUT2D eigenvalue weighted by atomic mass is 9.79. The Bertz CT molecular complexity index is 1500. The molecule has 0 unspecified atom stereocenters. The van der Waals surface area contributed by atoms with E-state index >= 15 is 0 Å². The van der Waals surface area contributed by atoms with E-state index in [2.05, 4.69) is 47.7 Å². The highest BCUT2D eigenvalue weighted by atomic mass is 16.5. The van der Waals surface area contributed by atoms with Gasteiger partial charge in [-0.2, -0.15) is 5.10 Å². The number of carbonyl (C=O) groups is 1. The van der Waals surface area contributed by atoms with Gasteiger partial charge in [-0.1, -0.05) is 12.6 Å². The SMILES string of the molecule is C=CC(=O)N1CC2(CCN(c3nc4cc(OC)cnc4c(-c4c(C)ccc5[nH]ncc45)c3C)C2)C1. The summed E-state index contributed by atoms with van der Waals surface area (Å²) in [5.74, 6) is 1.66. The number of aromatic nitrogens is 4. The molecular formula is C27H28N6O2. The van der Waals surface area contributed by atoms with Crippen LogP contribution in [0.4, 0.5) is 5.82 Å². The van der Waals surface area contributed by atoms with Crippen molar-refractivity contribution in [3.05, 3.63) is 54.4 Å². The summed E-state index contributed by atoms with van der Waals surface area (Å²) in [6.07, 6.45) is 6.08. The molecule has 0 saturated carbocycles. The largest absolute Gasteiger partial charge is 0.495 e. The van der Waals surface area contributed by atoms with Crippen molar-refractivity contribution in [2.45, 2.75) is 20.3 Å². The first-order valence-corrected chi connectivity index (χ1v) is 11.9. The zero-order valence-electron chi connectivity index (χ0n) is 20.3. The van der Waals surface area contributed by atoms with Gasteiger partial charge in [-0.15, -0.1) is 0 Å². The van der Waals surface area contributed by atoms with Crippen LogP contribution in [0.3, 0.4) is 0 Å². The fourth-order valence-corrected chi connectivity index (χ4v) is 5.81. The van der Waals surface area contributed by atoms with Crippen molar-refractivity contribution < 1.29 is 9.53 Å². The molecule has 2 saturated heterocycles. The van der Waals surface area contributed by atoms with Crippen molar-refractivity contribution in [3.63, 3.8) is 0 Å². The lowest BCUT2D eigenvalue weighted by Gasteiger charge is -2.47. The standard InChI is InChI=1S/C27H28N6O2/c1-5-22(34)33-14-27(15-33)8-9-32(13-27)26-17(3)24(25-21(30-26)10-18(35-4)11-28-25)23-16(2)6-7-20-19(23)12-29-31-20/h5-7,10-12H,1,8-9,13-15H2,2-4H3,(H,29,31). The Morgan fingerprint density at radius 3 is 2.80 bits per heavy atom. The molecule has 5 heterocycles. The Labute approximate surface area is 203 Å². The van der Waals surface area contributed by atoms with Crippen molar-refractivity contribution >= 4 is 33.7 Å². The Hall–Kier alpha value is -3.94. The van der Waals surface area contributed by atoms with Crippen molar-refractivity contribution in [2.24, 2.45) is 5.41 Å². The van der Waals surface area contributed by atoms with Gasteiger partial charge >= 0.3 is 0 Å². The van der Waals surface area contributed by atoms with Gasteiger partial charge in [0.25, 0.3) is 0 Å². The summed E-state index contributed by atoms with van der Waals surface area (Å²) in [7, 11) is 1.65. The van der Waals surface area contributed by atoms with Crippen LogP contribution in [0, 0.1) is 19.3 Å². The van der Waals surface area contributed by atoms with E-state index in [-0.39, 0.29) is 11.3 Å². The monoisotopic (exact) mass is 468 g/mol. The number of benzene rings is 1. The molecule has 2 aliphatic heterocycles. The Morgan fingerprint density at radius 2 is 2.03 bits per heavy atom. The predicted octanol–water partition coefficient (Wildman–Crippen LogP) is 4.02. The topological polar surface area (TPSA) is 87.2 Å². The van der Waals surface area contributed by atoms with Gasteiger partial charge in [0, 0.05) is 54.2 Å². The molecule has 178 valence electrons. The zero-order valence-corrected chi connectivity index (χ0v) is 20.3. The predicted molar refractivity (Wildman–Crippen MR) is 137 cm³/mol. The van der Waals surface area contributed by atoms with Crippen LogP contribution < -0.4 is 9.64 Å². The number of aromatic amines is 1. The first kappa shape index (κ1) is 21.6. The van der Waals surface area contributed by atoms with Crippen molar-refractivity contribution in [2.75, 3.05) is 38.2 Å². The third-order valence-corrected chi connectivity index (χ3v) is 7.61. The molecule has 1 N–H and O–H groups in total. The number of nitrogens with zero attached hydrogens (tertiary/aromatic N) is 5. The van der Waals surface area contributed by atoms with Gasteiger partial charge in [-0.05, 0) is 43.5 Å². The van der Waals surface area contributed by atoms with Gasteiger partial charge in [0.15, 0.2) is 0 Å². The second kappa shape index (κ2) is 7.80. The highest BCUT2D eigenvalue weighted by Crippen LogP contribution is 2.45. The number of likely N-dealkylation sites (tertiary alicyclic amines) is 1. The number of H-pyrrole nitrogens is 1. The maximum Gasteiger partial charge on any atom is 0.245 e. The molecule has 0 bridgehead atoms. The number of anilines is 1. The summed E-state index contributed by atoms with van der Waals surface area (Å²) in [5.41, 5.74) is 7.23. The number of rotatable bonds is 4. The number of fused-ring (bicyclic) bond motifs is 2. The highest BCUT2D eigenvalue weighted by molar-refractivity contribution is 6.06. The summed E-state index contributed by atoms with van der Waals surface area (Å²) < 4.78 is 5.47. The van der Waals surface area contributed by atoms with Crippen molar-refractivity contribution in [1.82, 2.24) is 25.1 Å². The normalized spacial score (nSPS) is 16.8. The number of amides is 1. The van der Waals surface area contributed by atoms with Crippen LogP contribution in [-0.4, -0.2) is 64.3 Å². The molecule has 2 fully saturated rings. The third-order valence-electron chi connectivity index (χ3n) is 7.61. The minimum absolute atomic E-state index is 0.0122. The second-order valence-electron chi connectivity index (χ2n) is 9.84. The van der Waals surface area contributed by atoms with Crippen LogP contribution in [-0.2, 0) is 4.79 Å². The molecule has 8 heteroatoms. The van der Waals surface area contributed by atoms with Crippen LogP contribution in [0.5, 0.6) is 5.75 Å². The fourth-order valence-electron chi connectivity index (χ4n) is 5.81. The van der Waals surface area contributed by atoms with Crippen molar-refractivity contribution in [3.8, 4) is 16.9 Å². The summed E-state index contributed by atoms with van der Waals surface area (Å²) in [6, 6.07) is 6.14. The van der Waals surface area contributed by atoms with Gasteiger partial charge < -0.3 is 14.5 Å². The van der Waals surface area contributed by atoms with Crippen LogP contribution >= 0.6 is 0 Å². The Kier molecular flexibility index (Phi) is 4.81. The van der Waals surface area contributed by atoms with E-state index in [1.54, 1.807) is 13.3 Å². The molecule has 6 rings (SSSR count). The number of nitrogens with one attached hydrogen (secondary N) is 1. The van der Waals surface area contributed by atoms with Gasteiger partial charge in [0.05, 0.1) is 36.1 Å². The fraction of sp³-hybridized carbons (Fsp3) is 0.333. The van der Waals surface area contributed by atoms with Crippen LogP contribution in [0.25, 0.3) is 33.1 Å². The first-order valence-electron chi connectivity index (χ1n) is 11.9. The average molecular weight is 469 g/mol. The molecule has 1 amide bonds. The first-order chi connectivity index (χ1) is 16.9. The Morgan fingerprint density at radius 1 is 1.20 bits per heavy atom. The molecular weight excluding hydrogens is 440 g/mol. The molecule has 1 aromatic carbocycles. The van der Waals surface area contributed by atoms with Crippen LogP contribution in [0.15, 0.2) is 43.2 Å². The number of hydrogen-bond acceptors (Lipinski definition) is 6. The minimum Gasteiger partial charge on any atom is -0.495 e. The van der Waals surface area contributed by atoms with Crippen LogP contribution in [0.2, 0.25) is 0 Å². The molecule has 35 heavy (non-hydrogen) atoms. The minimum atomic E-state index is 0.0122. The van der Waals surface area contributed by atoms with Crippen molar-refractivity contribution in [1.29, 1.82) is 0 Å². The van der Waals surface area contributed by atoms with E-state index in [9.17, 15) is 4.79 Å². The molecule has 0 aliphatic carbocycles. The summed E-state index contributed by atoms with van der Waals surface area (Å²) >= 11 is 0. The number of hydrogen-bond donors (Lipinski definition) is 1. The summed E-state index contributed by atoms with van der Waals surface area (Å²) in [5, 5.41) is 8.47. The molecule has 1 spiro atoms. The number of aryl methyl sites for hydroxylation is 1. The zero-order chi connectivity index (χ0) is 24.3. The summed E-state index contributed by atoms with van der Waals surface area (Å²) in [6.45, 7) is 11.2. The third kappa shape index (κ3) is 3.27. The highest BCUT2D eigenvalue weighted by Gasteiger charge is 2.49. The lowest BCUT2D eigenvalue weighted by molar-refractivity contribution is -0.136. The number of pyridine rings is 2. The smallest absolute Gasteiger partial charge is 0.245 e. The molecule has 3 aromatic heterocycles. The molecule has 2 aliphatic rings. The number of ether oxygens (including phenoxy) is 1. The maximum absolute atomic E-state index is 12.0. The quantitative estimate of drug-likeness (QED) is 0.455. The van der Waals surface area contributed by atoms with E-state index in [0.29, 0.717) is 5.75 Å². The molecule has 0 atom stereocenters. The molecule has 0 radical (unpaired) electrons. The summed E-state index contributed by atoms with van der Waals surface area (Å²) in [4.78, 5) is 26.2. The van der Waals surface area contributed by atoms with Gasteiger partial charge in [0.1, 0.15) is 11.6 Å². The van der Waals surface area contributed by atoms with E-state index < -0.39 is 0 Å². The van der Waals surface area contributed by atoms with Gasteiger partial charge in [-0.25, -0.2) is 4.98 Å². The molecule has 4 aromatic rings. The lowest BCUT2D eigenvalue weighted by Crippen LogP contribution is -2.59. The van der Waals surface area contributed by atoms with E-state index in [1.807, 2.05) is 17.2 Å². The van der Waals surface area contributed by atoms with Gasteiger partial charge in [-0.3, -0.25) is 14.9 Å².